The fraction of sp³-hybridized carbons (Fsp3) is 0.700. The van der Waals surface area contributed by atoms with Crippen molar-refractivity contribution in [3.8, 4) is 0 Å². The summed E-state index contributed by atoms with van der Waals surface area (Å²) in [6.07, 6.45) is 4.45. The lowest BCUT2D eigenvalue weighted by Gasteiger charge is -2.50. The molecule has 1 aromatic heterocycles. The van der Waals surface area contributed by atoms with Gasteiger partial charge in [-0.1, -0.05) is 12.8 Å². The Balaban J connectivity index is 0.000000339. The standard InChI is InChI=1S/C18H25N3O3.C2HF3O2/c1-20-11-19-10-14(20)12-9-13(12)16(22)21-8-4-7-18(17(23)24)6-3-2-5-15(18)21;3-2(4,5)1(6)7/h10-13,15H,2-9H2,1H3,(H,23,24);(H,6,7)/t12-,13-,15-,18-;/m1./s1. The zero-order valence-electron chi connectivity index (χ0n) is 17.1. The first-order valence-corrected chi connectivity index (χ1v) is 10.3. The second-order valence-electron chi connectivity index (χ2n) is 8.54. The number of nitrogens with zero attached hydrogens (tertiary/aromatic N) is 3. The Morgan fingerprint density at radius 2 is 1.81 bits per heavy atom. The van der Waals surface area contributed by atoms with Crippen LogP contribution in [-0.4, -0.2) is 61.3 Å². The molecule has 1 saturated heterocycles. The quantitative estimate of drug-likeness (QED) is 0.740. The third kappa shape index (κ3) is 4.54. The van der Waals surface area contributed by atoms with E-state index in [1.807, 2.05) is 22.7 Å². The maximum atomic E-state index is 13.1. The molecule has 2 N–H and O–H groups in total. The Kier molecular flexibility index (Phi) is 6.33. The lowest BCUT2D eigenvalue weighted by Crippen LogP contribution is -2.59. The molecule has 3 aliphatic rings. The number of halogens is 3. The number of amides is 1. The second-order valence-corrected chi connectivity index (χ2v) is 8.54. The van der Waals surface area contributed by atoms with Crippen molar-refractivity contribution in [1.29, 1.82) is 0 Å². The molecule has 0 unspecified atom stereocenters. The predicted molar refractivity (Wildman–Crippen MR) is 101 cm³/mol. The minimum Gasteiger partial charge on any atom is -0.481 e. The molecule has 4 atom stereocenters. The van der Waals surface area contributed by atoms with E-state index in [0.29, 0.717) is 19.4 Å². The van der Waals surface area contributed by atoms with E-state index in [1.165, 1.54) is 0 Å². The minimum atomic E-state index is -5.08. The molecule has 0 spiro atoms. The number of aryl methyl sites for hydroxylation is 1. The van der Waals surface area contributed by atoms with E-state index in [0.717, 1.165) is 37.8 Å². The largest absolute Gasteiger partial charge is 0.490 e. The third-order valence-electron chi connectivity index (χ3n) is 6.68. The molecule has 8 nitrogen and oxygen atoms in total. The SMILES string of the molecule is Cn1cncc1[C@@H]1C[C@H]1C(=O)N1CCC[C@]2(C(=O)O)CCCC[C@@H]12.O=C(O)C(F)(F)F. The van der Waals surface area contributed by atoms with Gasteiger partial charge in [0.1, 0.15) is 0 Å². The molecular formula is C20H26F3N3O5. The van der Waals surface area contributed by atoms with Gasteiger partial charge >= 0.3 is 18.1 Å². The number of piperidine rings is 1. The summed E-state index contributed by atoms with van der Waals surface area (Å²) in [6, 6.07) is -0.113. The Morgan fingerprint density at radius 1 is 1.16 bits per heavy atom. The zero-order chi connectivity index (χ0) is 23.0. The van der Waals surface area contributed by atoms with Gasteiger partial charge in [-0.05, 0) is 32.1 Å². The van der Waals surface area contributed by atoms with E-state index < -0.39 is 23.5 Å². The minimum absolute atomic E-state index is 0.00641. The first kappa shape index (κ1) is 23.1. The number of fused-ring (bicyclic) bond motifs is 1. The zero-order valence-corrected chi connectivity index (χ0v) is 17.1. The van der Waals surface area contributed by atoms with Crippen molar-refractivity contribution in [2.24, 2.45) is 18.4 Å². The van der Waals surface area contributed by atoms with Crippen LogP contribution in [-0.2, 0) is 21.4 Å². The van der Waals surface area contributed by atoms with Crippen molar-refractivity contribution >= 4 is 17.8 Å². The van der Waals surface area contributed by atoms with Crippen LogP contribution in [0.4, 0.5) is 13.2 Å². The molecule has 2 saturated carbocycles. The average Bonchev–Trinajstić information content (AvgIpc) is 3.39. The van der Waals surface area contributed by atoms with E-state index >= 15 is 0 Å². The van der Waals surface area contributed by atoms with Crippen molar-refractivity contribution in [2.75, 3.05) is 6.54 Å². The normalized spacial score (nSPS) is 29.9. The first-order valence-electron chi connectivity index (χ1n) is 10.3. The summed E-state index contributed by atoms with van der Waals surface area (Å²) in [7, 11) is 1.96. The lowest BCUT2D eigenvalue weighted by molar-refractivity contribution is -0.192. The highest BCUT2D eigenvalue weighted by Crippen LogP contribution is 2.52. The van der Waals surface area contributed by atoms with Crippen molar-refractivity contribution in [1.82, 2.24) is 14.5 Å². The number of carbonyl (C=O) groups is 3. The number of carboxylic acid groups (broad SMARTS) is 2. The van der Waals surface area contributed by atoms with Crippen LogP contribution in [0.2, 0.25) is 0 Å². The summed E-state index contributed by atoms with van der Waals surface area (Å²) >= 11 is 0. The molecule has 1 aromatic rings. The number of aromatic nitrogens is 2. The van der Waals surface area contributed by atoms with Gasteiger partial charge in [0.2, 0.25) is 5.91 Å². The van der Waals surface area contributed by atoms with Gasteiger partial charge in [0.15, 0.2) is 0 Å². The molecule has 0 aromatic carbocycles. The number of hydrogen-bond acceptors (Lipinski definition) is 4. The maximum Gasteiger partial charge on any atom is 0.490 e. The summed E-state index contributed by atoms with van der Waals surface area (Å²) in [5.41, 5.74) is 0.404. The van der Waals surface area contributed by atoms with Gasteiger partial charge in [-0.25, -0.2) is 9.78 Å². The van der Waals surface area contributed by atoms with Crippen LogP contribution in [0.1, 0.15) is 56.6 Å². The molecule has 172 valence electrons. The van der Waals surface area contributed by atoms with Crippen LogP contribution >= 0.6 is 0 Å². The van der Waals surface area contributed by atoms with Crippen molar-refractivity contribution in [2.45, 2.75) is 63.1 Å². The van der Waals surface area contributed by atoms with Gasteiger partial charge in [-0.2, -0.15) is 13.2 Å². The molecule has 31 heavy (non-hydrogen) atoms. The summed E-state index contributed by atoms with van der Waals surface area (Å²) in [4.78, 5) is 40.1. The number of imidazole rings is 1. The van der Waals surface area contributed by atoms with Crippen molar-refractivity contribution < 1.29 is 37.8 Å². The highest BCUT2D eigenvalue weighted by molar-refractivity contribution is 5.85. The molecule has 2 aliphatic carbocycles. The van der Waals surface area contributed by atoms with Crippen LogP contribution in [0.3, 0.4) is 0 Å². The highest BCUT2D eigenvalue weighted by Gasteiger charge is 2.56. The monoisotopic (exact) mass is 445 g/mol. The molecule has 2 heterocycles. The van der Waals surface area contributed by atoms with E-state index in [9.17, 15) is 27.9 Å². The number of rotatable bonds is 3. The van der Waals surface area contributed by atoms with Gasteiger partial charge in [0.05, 0.1) is 11.7 Å². The van der Waals surface area contributed by atoms with Gasteiger partial charge < -0.3 is 19.7 Å². The molecule has 0 radical (unpaired) electrons. The summed E-state index contributed by atoms with van der Waals surface area (Å²) in [6.45, 7) is 0.715. The van der Waals surface area contributed by atoms with E-state index in [-0.39, 0.29) is 23.8 Å². The molecule has 0 bridgehead atoms. The van der Waals surface area contributed by atoms with Crippen molar-refractivity contribution in [3.05, 3.63) is 18.2 Å². The number of carbonyl (C=O) groups excluding carboxylic acids is 1. The summed E-state index contributed by atoms with van der Waals surface area (Å²) in [5.74, 6) is -3.05. The second kappa shape index (κ2) is 8.51. The van der Waals surface area contributed by atoms with Crippen LogP contribution in [0.25, 0.3) is 0 Å². The summed E-state index contributed by atoms with van der Waals surface area (Å²) < 4.78 is 33.7. The van der Waals surface area contributed by atoms with E-state index in [1.54, 1.807) is 6.33 Å². The average molecular weight is 445 g/mol. The Hall–Kier alpha value is -2.59. The van der Waals surface area contributed by atoms with Crippen LogP contribution in [0.15, 0.2) is 12.5 Å². The van der Waals surface area contributed by atoms with Gasteiger partial charge in [0.25, 0.3) is 0 Å². The van der Waals surface area contributed by atoms with Crippen LogP contribution < -0.4 is 0 Å². The number of likely N-dealkylation sites (tertiary alicyclic amines) is 1. The Morgan fingerprint density at radius 3 is 2.35 bits per heavy atom. The van der Waals surface area contributed by atoms with E-state index in [2.05, 4.69) is 4.98 Å². The molecule has 11 heteroatoms. The van der Waals surface area contributed by atoms with Gasteiger partial charge in [-0.3, -0.25) is 9.59 Å². The topological polar surface area (TPSA) is 113 Å². The number of carboxylic acids is 2. The Bertz CT molecular complexity index is 851. The fourth-order valence-corrected chi connectivity index (χ4v) is 5.04. The maximum absolute atomic E-state index is 13.1. The highest BCUT2D eigenvalue weighted by atomic mass is 19.4. The number of hydrogen-bond donors (Lipinski definition) is 2. The van der Waals surface area contributed by atoms with Gasteiger partial charge in [-0.15, -0.1) is 0 Å². The summed E-state index contributed by atoms with van der Waals surface area (Å²) in [5, 5.41) is 17.0. The first-order chi connectivity index (χ1) is 14.5. The third-order valence-corrected chi connectivity index (χ3v) is 6.68. The number of alkyl halides is 3. The lowest BCUT2D eigenvalue weighted by atomic mass is 9.65. The number of aliphatic carboxylic acids is 2. The molecule has 4 rings (SSSR count). The van der Waals surface area contributed by atoms with Crippen LogP contribution in [0, 0.1) is 11.3 Å². The molecular weight excluding hydrogens is 419 g/mol. The Labute approximate surface area is 177 Å². The smallest absolute Gasteiger partial charge is 0.481 e. The van der Waals surface area contributed by atoms with Gasteiger partial charge in [0, 0.05) is 43.4 Å². The predicted octanol–water partition coefficient (Wildman–Crippen LogP) is 2.79. The van der Waals surface area contributed by atoms with Crippen LogP contribution in [0.5, 0.6) is 0 Å². The molecule has 1 aliphatic heterocycles. The van der Waals surface area contributed by atoms with E-state index in [4.69, 9.17) is 9.90 Å². The fourth-order valence-electron chi connectivity index (χ4n) is 5.04. The van der Waals surface area contributed by atoms with Crippen molar-refractivity contribution in [3.63, 3.8) is 0 Å². The molecule has 1 amide bonds. The molecule has 3 fully saturated rings.